The van der Waals surface area contributed by atoms with Gasteiger partial charge in [-0.15, -0.1) is 0 Å². The molecule has 1 aromatic carbocycles. The van der Waals surface area contributed by atoms with Gasteiger partial charge in [0.05, 0.1) is 12.0 Å². The first-order valence-corrected chi connectivity index (χ1v) is 7.52. The molecule has 21 heavy (non-hydrogen) atoms. The van der Waals surface area contributed by atoms with Crippen molar-refractivity contribution < 1.29 is 14.7 Å². The summed E-state index contributed by atoms with van der Waals surface area (Å²) in [6.07, 6.45) is 1.89. The Labute approximate surface area is 126 Å². The fourth-order valence-corrected chi connectivity index (χ4v) is 2.46. The van der Waals surface area contributed by atoms with Crippen LogP contribution < -0.4 is 5.32 Å². The summed E-state index contributed by atoms with van der Waals surface area (Å²) in [4.78, 5) is 23.2. The average Bonchev–Trinajstić information content (AvgIpc) is 2.46. The third-order valence-electron chi connectivity index (χ3n) is 3.88. The van der Waals surface area contributed by atoms with Crippen LogP contribution in [0.2, 0.25) is 0 Å². The molecule has 0 aliphatic heterocycles. The largest absolute Gasteiger partial charge is 0.481 e. The van der Waals surface area contributed by atoms with E-state index in [4.69, 9.17) is 5.11 Å². The van der Waals surface area contributed by atoms with Crippen molar-refractivity contribution in [1.82, 2.24) is 5.32 Å². The van der Waals surface area contributed by atoms with E-state index in [9.17, 15) is 9.59 Å². The van der Waals surface area contributed by atoms with Crippen molar-refractivity contribution in [3.05, 3.63) is 35.9 Å². The third-order valence-corrected chi connectivity index (χ3v) is 3.88. The zero-order valence-electron chi connectivity index (χ0n) is 13.0. The van der Waals surface area contributed by atoms with Gasteiger partial charge in [0.15, 0.2) is 0 Å². The maximum Gasteiger partial charge on any atom is 0.306 e. The highest BCUT2D eigenvalue weighted by Crippen LogP contribution is 2.22. The van der Waals surface area contributed by atoms with Crippen LogP contribution in [-0.4, -0.2) is 17.0 Å². The van der Waals surface area contributed by atoms with E-state index in [1.54, 1.807) is 6.92 Å². The second kappa shape index (κ2) is 8.45. The first-order valence-electron chi connectivity index (χ1n) is 7.52. The van der Waals surface area contributed by atoms with Gasteiger partial charge in [0.2, 0.25) is 5.91 Å². The van der Waals surface area contributed by atoms with E-state index in [1.165, 1.54) is 0 Å². The summed E-state index contributed by atoms with van der Waals surface area (Å²) >= 11 is 0. The molecule has 2 unspecified atom stereocenters. The summed E-state index contributed by atoms with van der Waals surface area (Å²) in [5, 5.41) is 12.1. The lowest BCUT2D eigenvalue weighted by atomic mass is 9.87. The van der Waals surface area contributed by atoms with Crippen LogP contribution in [0.3, 0.4) is 0 Å². The molecule has 4 heteroatoms. The first kappa shape index (κ1) is 17.2. The summed E-state index contributed by atoms with van der Waals surface area (Å²) in [5.41, 5.74) is 1.05. The van der Waals surface area contributed by atoms with Gasteiger partial charge in [-0.25, -0.2) is 0 Å². The van der Waals surface area contributed by atoms with E-state index in [1.807, 2.05) is 44.2 Å². The Bertz CT molecular complexity index is 458. The van der Waals surface area contributed by atoms with Crippen LogP contribution in [0.1, 0.15) is 51.6 Å². The van der Waals surface area contributed by atoms with Crippen molar-refractivity contribution in [3.63, 3.8) is 0 Å². The van der Waals surface area contributed by atoms with Crippen molar-refractivity contribution in [2.75, 3.05) is 0 Å². The second-order valence-electron chi connectivity index (χ2n) is 5.58. The lowest BCUT2D eigenvalue weighted by molar-refractivity contribution is -0.143. The van der Waals surface area contributed by atoms with Crippen LogP contribution in [0.4, 0.5) is 0 Å². The monoisotopic (exact) mass is 291 g/mol. The Kier molecular flexibility index (Phi) is 6.92. The van der Waals surface area contributed by atoms with Crippen molar-refractivity contribution in [2.45, 2.75) is 46.1 Å². The Balaban J connectivity index is 2.59. The molecule has 3 atom stereocenters. The van der Waals surface area contributed by atoms with Gasteiger partial charge in [-0.1, -0.05) is 50.6 Å². The molecule has 0 aliphatic carbocycles. The van der Waals surface area contributed by atoms with Crippen LogP contribution in [0.5, 0.6) is 0 Å². The second-order valence-corrected chi connectivity index (χ2v) is 5.58. The molecule has 0 saturated heterocycles. The fourth-order valence-electron chi connectivity index (χ4n) is 2.46. The van der Waals surface area contributed by atoms with Gasteiger partial charge in [0.25, 0.3) is 0 Å². The molecule has 4 nitrogen and oxygen atoms in total. The van der Waals surface area contributed by atoms with Crippen LogP contribution in [0, 0.1) is 11.8 Å². The number of benzene rings is 1. The Morgan fingerprint density at radius 3 is 2.33 bits per heavy atom. The van der Waals surface area contributed by atoms with E-state index < -0.39 is 11.9 Å². The molecule has 0 heterocycles. The number of amides is 1. The van der Waals surface area contributed by atoms with Crippen molar-refractivity contribution in [2.24, 2.45) is 11.8 Å². The number of carbonyl (C=O) groups is 2. The minimum absolute atomic E-state index is 0.0684. The molecule has 0 aromatic heterocycles. The Hall–Kier alpha value is -1.84. The minimum Gasteiger partial charge on any atom is -0.481 e. The van der Waals surface area contributed by atoms with Gasteiger partial charge < -0.3 is 10.4 Å². The molecular weight excluding hydrogens is 266 g/mol. The number of aliphatic carboxylic acids is 1. The standard InChI is InChI=1S/C17H25NO3/c1-4-8-15(12(2)17(20)21)11-16(19)18-13(3)14-9-6-5-7-10-14/h5-7,9-10,12-13,15H,4,8,11H2,1-3H3,(H,18,19)(H,20,21)/t12?,13-,15?/m1/s1. The molecule has 0 saturated carbocycles. The van der Waals surface area contributed by atoms with Crippen molar-refractivity contribution in [3.8, 4) is 0 Å². The molecule has 0 radical (unpaired) electrons. The number of rotatable bonds is 8. The smallest absolute Gasteiger partial charge is 0.306 e. The van der Waals surface area contributed by atoms with Crippen LogP contribution in [0.25, 0.3) is 0 Å². The van der Waals surface area contributed by atoms with E-state index >= 15 is 0 Å². The number of nitrogens with one attached hydrogen (secondary N) is 1. The molecule has 0 spiro atoms. The van der Waals surface area contributed by atoms with Gasteiger partial charge in [0, 0.05) is 6.42 Å². The zero-order chi connectivity index (χ0) is 15.8. The molecule has 2 N–H and O–H groups in total. The molecule has 0 bridgehead atoms. The number of carboxylic acids is 1. The van der Waals surface area contributed by atoms with Gasteiger partial charge in [0.1, 0.15) is 0 Å². The molecule has 0 fully saturated rings. The van der Waals surface area contributed by atoms with Gasteiger partial charge in [-0.3, -0.25) is 9.59 Å². The van der Waals surface area contributed by atoms with E-state index in [0.717, 1.165) is 18.4 Å². The number of hydrogen-bond acceptors (Lipinski definition) is 2. The predicted octanol–water partition coefficient (Wildman–Crippen LogP) is 3.39. The summed E-state index contributed by atoms with van der Waals surface area (Å²) in [5.74, 6) is -1.53. The lowest BCUT2D eigenvalue weighted by Gasteiger charge is -2.21. The van der Waals surface area contributed by atoms with Crippen LogP contribution >= 0.6 is 0 Å². The van der Waals surface area contributed by atoms with Crippen molar-refractivity contribution >= 4 is 11.9 Å². The third kappa shape index (κ3) is 5.58. The fraction of sp³-hybridized carbons (Fsp3) is 0.529. The normalized spacial score (nSPS) is 15.0. The van der Waals surface area contributed by atoms with Gasteiger partial charge in [-0.05, 0) is 24.8 Å². The molecule has 1 rings (SSSR count). The summed E-state index contributed by atoms with van der Waals surface area (Å²) in [6.45, 7) is 5.62. The molecule has 1 amide bonds. The van der Waals surface area contributed by atoms with E-state index in [-0.39, 0.29) is 24.3 Å². The van der Waals surface area contributed by atoms with Crippen molar-refractivity contribution in [1.29, 1.82) is 0 Å². The summed E-state index contributed by atoms with van der Waals surface area (Å²) in [7, 11) is 0. The van der Waals surface area contributed by atoms with E-state index in [0.29, 0.717) is 0 Å². The quantitative estimate of drug-likeness (QED) is 0.771. The highest BCUT2D eigenvalue weighted by molar-refractivity contribution is 5.78. The number of carbonyl (C=O) groups excluding carboxylic acids is 1. The van der Waals surface area contributed by atoms with Crippen LogP contribution in [-0.2, 0) is 9.59 Å². The Morgan fingerprint density at radius 1 is 1.19 bits per heavy atom. The highest BCUT2D eigenvalue weighted by atomic mass is 16.4. The first-order chi connectivity index (χ1) is 9.95. The maximum absolute atomic E-state index is 12.1. The summed E-state index contributed by atoms with van der Waals surface area (Å²) in [6, 6.07) is 9.67. The zero-order valence-corrected chi connectivity index (χ0v) is 13.0. The summed E-state index contributed by atoms with van der Waals surface area (Å²) < 4.78 is 0. The number of hydrogen-bond donors (Lipinski definition) is 2. The lowest BCUT2D eigenvalue weighted by Crippen LogP contribution is -2.31. The Morgan fingerprint density at radius 2 is 1.81 bits per heavy atom. The SMILES string of the molecule is CCCC(CC(=O)N[C@H](C)c1ccccc1)C(C)C(=O)O. The minimum atomic E-state index is -0.836. The number of carboxylic acid groups (broad SMARTS) is 1. The maximum atomic E-state index is 12.1. The molecule has 1 aromatic rings. The highest BCUT2D eigenvalue weighted by Gasteiger charge is 2.25. The molecule has 0 aliphatic rings. The topological polar surface area (TPSA) is 66.4 Å². The van der Waals surface area contributed by atoms with Gasteiger partial charge in [-0.2, -0.15) is 0 Å². The van der Waals surface area contributed by atoms with E-state index in [2.05, 4.69) is 5.32 Å². The van der Waals surface area contributed by atoms with Crippen LogP contribution in [0.15, 0.2) is 30.3 Å². The molecular formula is C17H25NO3. The predicted molar refractivity (Wildman–Crippen MR) is 82.8 cm³/mol. The molecule has 116 valence electrons. The average molecular weight is 291 g/mol. The van der Waals surface area contributed by atoms with Gasteiger partial charge >= 0.3 is 5.97 Å².